The predicted molar refractivity (Wildman–Crippen MR) is 105 cm³/mol. The van der Waals surface area contributed by atoms with Gasteiger partial charge in [0.2, 0.25) is 0 Å². The number of carbonyl (C=O) groups is 2. The van der Waals surface area contributed by atoms with Gasteiger partial charge in [0.1, 0.15) is 5.60 Å². The Morgan fingerprint density at radius 2 is 1.68 bits per heavy atom. The summed E-state index contributed by atoms with van der Waals surface area (Å²) in [4.78, 5) is 24.7. The Hall–Kier alpha value is -1.56. The van der Waals surface area contributed by atoms with Crippen molar-refractivity contribution in [2.75, 3.05) is 5.32 Å². The maximum absolute atomic E-state index is 12.5. The van der Waals surface area contributed by atoms with Crippen LogP contribution in [0.5, 0.6) is 0 Å². The predicted octanol–water partition coefficient (Wildman–Crippen LogP) is 4.96. The number of carbonyl (C=O) groups excluding carboxylic acids is 2. The SMILES string of the molecule is CC(C)C[C@@H](C(=O)OC(C)(C)C)[C@H](C)NC(=O)Nc1ccc(Br)cc1. The molecule has 0 bridgehead atoms. The summed E-state index contributed by atoms with van der Waals surface area (Å²) in [6.07, 6.45) is 0.647. The van der Waals surface area contributed by atoms with Crippen LogP contribution in [-0.2, 0) is 9.53 Å². The number of amides is 2. The molecule has 1 aromatic carbocycles. The number of ether oxygens (including phenoxy) is 1. The molecule has 25 heavy (non-hydrogen) atoms. The van der Waals surface area contributed by atoms with Crippen LogP contribution in [0.15, 0.2) is 28.7 Å². The van der Waals surface area contributed by atoms with E-state index >= 15 is 0 Å². The fraction of sp³-hybridized carbons (Fsp3) is 0.579. The molecule has 6 heteroatoms. The van der Waals surface area contributed by atoms with Crippen molar-refractivity contribution < 1.29 is 14.3 Å². The number of benzene rings is 1. The molecule has 0 radical (unpaired) electrons. The van der Waals surface area contributed by atoms with Crippen LogP contribution in [0, 0.1) is 11.8 Å². The number of hydrogen-bond acceptors (Lipinski definition) is 3. The fourth-order valence-electron chi connectivity index (χ4n) is 2.40. The van der Waals surface area contributed by atoms with Crippen molar-refractivity contribution in [2.24, 2.45) is 11.8 Å². The van der Waals surface area contributed by atoms with Crippen LogP contribution in [0.3, 0.4) is 0 Å². The van der Waals surface area contributed by atoms with E-state index in [2.05, 4.69) is 26.6 Å². The van der Waals surface area contributed by atoms with Crippen LogP contribution in [0.4, 0.5) is 10.5 Å². The minimum absolute atomic E-state index is 0.280. The average molecular weight is 413 g/mol. The van der Waals surface area contributed by atoms with Crippen molar-refractivity contribution in [3.8, 4) is 0 Å². The monoisotopic (exact) mass is 412 g/mol. The number of halogens is 1. The van der Waals surface area contributed by atoms with Crippen LogP contribution in [-0.4, -0.2) is 23.6 Å². The standard InChI is InChI=1S/C19H29BrN2O3/c1-12(2)11-16(17(23)25-19(4,5)6)13(3)21-18(24)22-15-9-7-14(20)8-10-15/h7-10,12-13,16H,11H2,1-6H3,(H2,21,22,24)/t13-,16+/m0/s1. The zero-order valence-corrected chi connectivity index (χ0v) is 17.4. The van der Waals surface area contributed by atoms with Gasteiger partial charge in [0.25, 0.3) is 0 Å². The van der Waals surface area contributed by atoms with E-state index in [1.165, 1.54) is 0 Å². The summed E-state index contributed by atoms with van der Waals surface area (Å²) in [5.74, 6) is -0.358. The van der Waals surface area contributed by atoms with Crippen LogP contribution in [0.1, 0.15) is 48.0 Å². The summed E-state index contributed by atoms with van der Waals surface area (Å²) in [5, 5.41) is 5.62. The van der Waals surface area contributed by atoms with Crippen molar-refractivity contribution in [1.29, 1.82) is 0 Å². The van der Waals surface area contributed by atoms with Crippen molar-refractivity contribution in [1.82, 2.24) is 5.32 Å². The third-order valence-corrected chi connectivity index (χ3v) is 4.03. The van der Waals surface area contributed by atoms with Crippen LogP contribution in [0.25, 0.3) is 0 Å². The molecule has 0 saturated carbocycles. The van der Waals surface area contributed by atoms with Gasteiger partial charge in [0, 0.05) is 16.2 Å². The molecule has 1 aromatic rings. The quantitative estimate of drug-likeness (QED) is 0.648. The molecule has 0 fully saturated rings. The lowest BCUT2D eigenvalue weighted by Crippen LogP contribution is -2.45. The van der Waals surface area contributed by atoms with E-state index in [-0.39, 0.29) is 18.0 Å². The molecule has 140 valence electrons. The highest BCUT2D eigenvalue weighted by Crippen LogP contribution is 2.21. The second-order valence-corrected chi connectivity index (χ2v) is 8.58. The van der Waals surface area contributed by atoms with Gasteiger partial charge in [-0.05, 0) is 64.3 Å². The molecule has 0 spiro atoms. The number of nitrogens with one attached hydrogen (secondary N) is 2. The van der Waals surface area contributed by atoms with Gasteiger partial charge in [0.15, 0.2) is 0 Å². The largest absolute Gasteiger partial charge is 0.460 e. The van der Waals surface area contributed by atoms with Crippen LogP contribution < -0.4 is 10.6 Å². The van der Waals surface area contributed by atoms with Gasteiger partial charge in [-0.25, -0.2) is 4.79 Å². The molecule has 1 rings (SSSR count). The molecule has 2 N–H and O–H groups in total. The van der Waals surface area contributed by atoms with Crippen molar-refractivity contribution >= 4 is 33.6 Å². The van der Waals surface area contributed by atoms with Gasteiger partial charge in [-0.1, -0.05) is 29.8 Å². The van der Waals surface area contributed by atoms with Gasteiger partial charge < -0.3 is 15.4 Å². The average Bonchev–Trinajstić information content (AvgIpc) is 2.44. The Kier molecular flexibility index (Phi) is 7.93. The molecule has 2 atom stereocenters. The number of urea groups is 1. The molecule has 0 aliphatic heterocycles. The topological polar surface area (TPSA) is 67.4 Å². The lowest BCUT2D eigenvalue weighted by molar-refractivity contribution is -0.161. The summed E-state index contributed by atoms with van der Waals surface area (Å²) in [7, 11) is 0. The normalized spacial score (nSPS) is 13.9. The number of rotatable bonds is 6. The molecule has 0 aliphatic carbocycles. The summed E-state index contributed by atoms with van der Waals surface area (Å²) < 4.78 is 6.46. The minimum Gasteiger partial charge on any atom is -0.460 e. The summed E-state index contributed by atoms with van der Waals surface area (Å²) in [6, 6.07) is 6.62. The third-order valence-electron chi connectivity index (χ3n) is 3.50. The fourth-order valence-corrected chi connectivity index (χ4v) is 2.66. The Labute approximate surface area is 159 Å². The van der Waals surface area contributed by atoms with Gasteiger partial charge in [-0.3, -0.25) is 4.79 Å². The number of esters is 1. The second kappa shape index (κ2) is 9.22. The van der Waals surface area contributed by atoms with E-state index < -0.39 is 11.5 Å². The van der Waals surface area contributed by atoms with E-state index in [9.17, 15) is 9.59 Å². The van der Waals surface area contributed by atoms with E-state index in [0.29, 0.717) is 18.0 Å². The molecular weight excluding hydrogens is 384 g/mol. The highest BCUT2D eigenvalue weighted by Gasteiger charge is 2.31. The lowest BCUT2D eigenvalue weighted by Gasteiger charge is -2.29. The maximum Gasteiger partial charge on any atom is 0.319 e. The second-order valence-electron chi connectivity index (χ2n) is 7.66. The zero-order valence-electron chi connectivity index (χ0n) is 15.9. The molecule has 0 aromatic heterocycles. The van der Waals surface area contributed by atoms with Gasteiger partial charge in [0.05, 0.1) is 5.92 Å². The maximum atomic E-state index is 12.5. The molecule has 0 heterocycles. The first-order valence-electron chi connectivity index (χ1n) is 8.54. The summed E-state index contributed by atoms with van der Waals surface area (Å²) in [5.41, 5.74) is 0.136. The first-order valence-corrected chi connectivity index (χ1v) is 9.33. The van der Waals surface area contributed by atoms with Crippen molar-refractivity contribution in [3.63, 3.8) is 0 Å². The Morgan fingerprint density at radius 3 is 2.16 bits per heavy atom. The third kappa shape index (κ3) is 8.38. The summed E-state index contributed by atoms with van der Waals surface area (Å²) >= 11 is 3.35. The van der Waals surface area contributed by atoms with Crippen molar-refractivity contribution in [3.05, 3.63) is 28.7 Å². The minimum atomic E-state index is -0.550. The number of hydrogen-bond donors (Lipinski definition) is 2. The molecule has 0 saturated heterocycles. The van der Waals surface area contributed by atoms with Gasteiger partial charge in [-0.15, -0.1) is 0 Å². The molecule has 2 amide bonds. The number of anilines is 1. The zero-order chi connectivity index (χ0) is 19.2. The highest BCUT2D eigenvalue weighted by molar-refractivity contribution is 9.10. The van der Waals surface area contributed by atoms with Crippen LogP contribution in [0.2, 0.25) is 0 Å². The van der Waals surface area contributed by atoms with Gasteiger partial charge in [-0.2, -0.15) is 0 Å². The molecular formula is C19H29BrN2O3. The van der Waals surface area contributed by atoms with E-state index in [1.54, 1.807) is 12.1 Å². The Bertz CT molecular complexity index is 579. The van der Waals surface area contributed by atoms with Crippen molar-refractivity contribution in [2.45, 2.75) is 59.6 Å². The Balaban J connectivity index is 2.72. The molecule has 0 aliphatic rings. The smallest absolute Gasteiger partial charge is 0.319 e. The highest BCUT2D eigenvalue weighted by atomic mass is 79.9. The van der Waals surface area contributed by atoms with Gasteiger partial charge >= 0.3 is 12.0 Å². The molecule has 0 unspecified atom stereocenters. The Morgan fingerprint density at radius 1 is 1.12 bits per heavy atom. The summed E-state index contributed by atoms with van der Waals surface area (Å²) in [6.45, 7) is 11.5. The first-order chi connectivity index (χ1) is 11.5. The first kappa shape index (κ1) is 21.5. The van der Waals surface area contributed by atoms with Crippen LogP contribution >= 0.6 is 15.9 Å². The lowest BCUT2D eigenvalue weighted by atomic mass is 9.91. The van der Waals surface area contributed by atoms with E-state index in [1.807, 2.05) is 53.7 Å². The molecule has 5 nitrogen and oxygen atoms in total. The van der Waals surface area contributed by atoms with E-state index in [0.717, 1.165) is 4.47 Å². The van der Waals surface area contributed by atoms with E-state index in [4.69, 9.17) is 4.74 Å².